The van der Waals surface area contributed by atoms with Crippen LogP contribution in [0.3, 0.4) is 0 Å². The van der Waals surface area contributed by atoms with Gasteiger partial charge in [0.1, 0.15) is 0 Å². The molecule has 0 spiro atoms. The Morgan fingerprint density at radius 3 is 2.53 bits per heavy atom. The van der Waals surface area contributed by atoms with Crippen molar-refractivity contribution in [3.63, 3.8) is 0 Å². The third-order valence-corrected chi connectivity index (χ3v) is 2.62. The van der Waals surface area contributed by atoms with Gasteiger partial charge in [0.2, 0.25) is 0 Å². The predicted octanol–water partition coefficient (Wildman–Crippen LogP) is 2.87. The summed E-state index contributed by atoms with van der Waals surface area (Å²) in [6.07, 6.45) is 1.86. The number of hydrogen-bond donors (Lipinski definition) is 1. The van der Waals surface area contributed by atoms with Crippen LogP contribution in [0.4, 0.5) is 0 Å². The van der Waals surface area contributed by atoms with Gasteiger partial charge in [-0.15, -0.1) is 0 Å². The van der Waals surface area contributed by atoms with Gasteiger partial charge in [-0.25, -0.2) is 0 Å². The van der Waals surface area contributed by atoms with Crippen LogP contribution in [0.2, 0.25) is 0 Å². The molecule has 0 fully saturated rings. The largest absolute Gasteiger partial charge is 0.355 e. The number of benzene rings is 1. The first-order valence-corrected chi connectivity index (χ1v) is 5.91. The number of amides is 1. The van der Waals surface area contributed by atoms with Gasteiger partial charge in [0.05, 0.1) is 5.56 Å². The van der Waals surface area contributed by atoms with E-state index >= 15 is 0 Å². The van der Waals surface area contributed by atoms with Crippen LogP contribution in [-0.2, 0) is 7.05 Å². The second-order valence-electron chi connectivity index (χ2n) is 3.75. The van der Waals surface area contributed by atoms with Gasteiger partial charge in [-0.05, 0) is 19.1 Å². The Balaban J connectivity index is 0.000000686. The Hall–Kier alpha value is -1.77. The van der Waals surface area contributed by atoms with Crippen LogP contribution in [0.15, 0.2) is 24.4 Å². The molecule has 3 nitrogen and oxygen atoms in total. The minimum absolute atomic E-state index is 0.0359. The van der Waals surface area contributed by atoms with E-state index in [2.05, 4.69) is 11.4 Å². The average molecular weight is 232 g/mol. The zero-order valence-corrected chi connectivity index (χ0v) is 11.2. The number of nitrogens with one attached hydrogen (secondary N) is 1. The second-order valence-corrected chi connectivity index (χ2v) is 3.75. The quantitative estimate of drug-likeness (QED) is 0.806. The smallest absolute Gasteiger partial charge is 0.253 e. The zero-order valence-electron chi connectivity index (χ0n) is 11.2. The van der Waals surface area contributed by atoms with Crippen molar-refractivity contribution >= 4 is 16.8 Å². The Bertz CT molecular complexity index is 526. The molecular weight excluding hydrogens is 212 g/mol. The van der Waals surface area contributed by atoms with Crippen LogP contribution in [-0.4, -0.2) is 17.5 Å². The molecule has 0 unspecified atom stereocenters. The first-order valence-electron chi connectivity index (χ1n) is 5.91. The van der Waals surface area contributed by atoms with E-state index in [-0.39, 0.29) is 5.91 Å². The molecule has 2 aromatic rings. The number of aryl methyl sites for hydroxylation is 2. The van der Waals surface area contributed by atoms with Crippen molar-refractivity contribution in [2.45, 2.75) is 20.8 Å². The summed E-state index contributed by atoms with van der Waals surface area (Å²) in [7, 11) is 3.60. The molecule has 0 saturated carbocycles. The summed E-state index contributed by atoms with van der Waals surface area (Å²) in [6, 6.07) is 6.13. The molecule has 1 N–H and O–H groups in total. The molecule has 0 aliphatic rings. The molecule has 0 saturated heterocycles. The molecule has 1 heterocycles. The van der Waals surface area contributed by atoms with E-state index < -0.39 is 0 Å². The van der Waals surface area contributed by atoms with Gasteiger partial charge < -0.3 is 9.88 Å². The maximum atomic E-state index is 11.6. The van der Waals surface area contributed by atoms with Crippen LogP contribution in [0.5, 0.6) is 0 Å². The highest BCUT2D eigenvalue weighted by atomic mass is 16.1. The first-order chi connectivity index (χ1) is 8.13. The standard InChI is InChI=1S/C12H14N2O.C2H6/c1-8-4-5-11-9(6-8)10(7-14(11)3)12(15)13-2;1-2/h4-7H,1-3H3,(H,13,15);1-2H3. The average Bonchev–Trinajstić information content (AvgIpc) is 2.68. The maximum absolute atomic E-state index is 11.6. The minimum atomic E-state index is -0.0359. The number of carbonyl (C=O) groups is 1. The lowest BCUT2D eigenvalue weighted by molar-refractivity contribution is 0.0964. The summed E-state index contributed by atoms with van der Waals surface area (Å²) in [5, 5.41) is 3.66. The molecule has 0 radical (unpaired) electrons. The molecule has 92 valence electrons. The van der Waals surface area contributed by atoms with Crippen LogP contribution in [0, 0.1) is 6.92 Å². The summed E-state index contributed by atoms with van der Waals surface area (Å²) in [4.78, 5) is 11.6. The molecule has 0 atom stereocenters. The lowest BCUT2D eigenvalue weighted by atomic mass is 10.1. The minimum Gasteiger partial charge on any atom is -0.355 e. The molecule has 0 bridgehead atoms. The second kappa shape index (κ2) is 5.53. The molecule has 1 aromatic carbocycles. The van der Waals surface area contributed by atoms with Gasteiger partial charge in [-0.2, -0.15) is 0 Å². The van der Waals surface area contributed by atoms with Crippen LogP contribution < -0.4 is 5.32 Å². The number of nitrogens with zero attached hydrogens (tertiary/aromatic N) is 1. The summed E-state index contributed by atoms with van der Waals surface area (Å²) >= 11 is 0. The van der Waals surface area contributed by atoms with Gasteiger partial charge in [0.25, 0.3) is 5.91 Å². The van der Waals surface area contributed by atoms with Crippen molar-refractivity contribution in [1.82, 2.24) is 9.88 Å². The predicted molar refractivity (Wildman–Crippen MR) is 72.4 cm³/mol. The van der Waals surface area contributed by atoms with Crippen LogP contribution in [0.25, 0.3) is 10.9 Å². The first kappa shape index (κ1) is 13.3. The zero-order chi connectivity index (χ0) is 13.0. The van der Waals surface area contributed by atoms with Gasteiger partial charge in [-0.3, -0.25) is 4.79 Å². The topological polar surface area (TPSA) is 34.0 Å². The Morgan fingerprint density at radius 2 is 1.94 bits per heavy atom. The maximum Gasteiger partial charge on any atom is 0.253 e. The number of rotatable bonds is 1. The van der Waals surface area contributed by atoms with E-state index in [1.54, 1.807) is 7.05 Å². The fourth-order valence-electron chi connectivity index (χ4n) is 1.82. The lowest BCUT2D eigenvalue weighted by Crippen LogP contribution is -2.17. The van der Waals surface area contributed by atoms with E-state index in [9.17, 15) is 4.79 Å². The van der Waals surface area contributed by atoms with E-state index in [1.165, 1.54) is 5.56 Å². The number of aromatic nitrogens is 1. The molecule has 3 heteroatoms. The van der Waals surface area contributed by atoms with E-state index in [0.29, 0.717) is 0 Å². The highest BCUT2D eigenvalue weighted by Gasteiger charge is 2.11. The molecule has 0 aliphatic heterocycles. The molecule has 2 rings (SSSR count). The molecule has 17 heavy (non-hydrogen) atoms. The third kappa shape index (κ3) is 2.49. The van der Waals surface area contributed by atoms with Gasteiger partial charge >= 0.3 is 0 Å². The third-order valence-electron chi connectivity index (χ3n) is 2.62. The van der Waals surface area contributed by atoms with Crippen molar-refractivity contribution in [3.05, 3.63) is 35.5 Å². The van der Waals surface area contributed by atoms with Crippen molar-refractivity contribution in [1.29, 1.82) is 0 Å². The highest BCUT2D eigenvalue weighted by Crippen LogP contribution is 2.21. The van der Waals surface area contributed by atoms with Crippen molar-refractivity contribution < 1.29 is 4.79 Å². The van der Waals surface area contributed by atoms with Gasteiger partial charge in [-0.1, -0.05) is 25.5 Å². The van der Waals surface area contributed by atoms with Gasteiger partial charge in [0.15, 0.2) is 0 Å². The van der Waals surface area contributed by atoms with E-state index in [4.69, 9.17) is 0 Å². The SMILES string of the molecule is CC.CNC(=O)c1cn(C)c2ccc(C)cc12. The number of carbonyl (C=O) groups excluding carboxylic acids is 1. The monoisotopic (exact) mass is 232 g/mol. The molecule has 1 aromatic heterocycles. The summed E-state index contributed by atoms with van der Waals surface area (Å²) in [6.45, 7) is 6.03. The summed E-state index contributed by atoms with van der Waals surface area (Å²) < 4.78 is 1.97. The van der Waals surface area contributed by atoms with Crippen molar-refractivity contribution in [3.8, 4) is 0 Å². The number of fused-ring (bicyclic) bond motifs is 1. The fourth-order valence-corrected chi connectivity index (χ4v) is 1.82. The van der Waals surface area contributed by atoms with Crippen LogP contribution >= 0.6 is 0 Å². The normalized spacial score (nSPS) is 9.71. The Morgan fingerprint density at radius 1 is 1.29 bits per heavy atom. The van der Waals surface area contributed by atoms with Crippen LogP contribution in [0.1, 0.15) is 29.8 Å². The molecular formula is C14H20N2O. The van der Waals surface area contributed by atoms with E-state index in [1.807, 2.05) is 50.7 Å². The lowest BCUT2D eigenvalue weighted by Gasteiger charge is -1.98. The van der Waals surface area contributed by atoms with Gasteiger partial charge in [0, 0.05) is 31.2 Å². The van der Waals surface area contributed by atoms with Crippen molar-refractivity contribution in [2.75, 3.05) is 7.05 Å². The summed E-state index contributed by atoms with van der Waals surface area (Å²) in [5.74, 6) is -0.0359. The van der Waals surface area contributed by atoms with E-state index in [0.717, 1.165) is 16.5 Å². The number of hydrogen-bond acceptors (Lipinski definition) is 1. The molecule has 1 amide bonds. The highest BCUT2D eigenvalue weighted by molar-refractivity contribution is 6.07. The summed E-state index contributed by atoms with van der Waals surface area (Å²) in [5.41, 5.74) is 2.98. The Labute approximate surface area is 102 Å². The Kier molecular flexibility index (Phi) is 4.32. The molecule has 0 aliphatic carbocycles. The van der Waals surface area contributed by atoms with Crippen molar-refractivity contribution in [2.24, 2.45) is 7.05 Å². The fraction of sp³-hybridized carbons (Fsp3) is 0.357.